The molecule has 0 aromatic carbocycles. The fraction of sp³-hybridized carbons (Fsp3) is 0.444. The third-order valence-corrected chi connectivity index (χ3v) is 4.06. The van der Waals surface area contributed by atoms with E-state index in [0.29, 0.717) is 5.56 Å². The van der Waals surface area contributed by atoms with Crippen molar-refractivity contribution in [3.8, 4) is 0 Å². The van der Waals surface area contributed by atoms with E-state index in [4.69, 9.17) is 11.6 Å². The van der Waals surface area contributed by atoms with Gasteiger partial charge in [0, 0.05) is 19.1 Å². The second-order valence-corrected chi connectivity index (χ2v) is 5.77. The van der Waals surface area contributed by atoms with Gasteiger partial charge in [0.2, 0.25) is 0 Å². The molecule has 0 bridgehead atoms. The van der Waals surface area contributed by atoms with Crippen LogP contribution >= 0.6 is 11.6 Å². The predicted octanol–water partition coefficient (Wildman–Crippen LogP) is 2.00. The molecule has 0 saturated heterocycles. The summed E-state index contributed by atoms with van der Waals surface area (Å²) in [5, 5.41) is -0.442. The second-order valence-electron chi connectivity index (χ2n) is 3.51. The fourth-order valence-electron chi connectivity index (χ4n) is 1.14. The highest BCUT2D eigenvalue weighted by atomic mass is 35.5. The SMILES string of the molecule is CN(CC(F)(F)F)S(=O)(=O)c1ccc(CCl)cn1. The lowest BCUT2D eigenvalue weighted by Crippen LogP contribution is -2.36. The summed E-state index contributed by atoms with van der Waals surface area (Å²) in [6.07, 6.45) is -3.39. The molecule has 102 valence electrons. The highest BCUT2D eigenvalue weighted by molar-refractivity contribution is 7.89. The lowest BCUT2D eigenvalue weighted by molar-refractivity contribution is -0.134. The molecule has 9 heteroatoms. The van der Waals surface area contributed by atoms with Crippen LogP contribution in [-0.4, -0.2) is 37.5 Å². The van der Waals surface area contributed by atoms with E-state index in [-0.39, 0.29) is 10.2 Å². The number of alkyl halides is 4. The molecular formula is C9H10ClF3N2O2S. The van der Waals surface area contributed by atoms with Gasteiger partial charge in [-0.2, -0.15) is 17.5 Å². The van der Waals surface area contributed by atoms with E-state index < -0.39 is 27.8 Å². The molecule has 1 aromatic heterocycles. The molecule has 1 heterocycles. The van der Waals surface area contributed by atoms with Crippen molar-refractivity contribution in [2.24, 2.45) is 0 Å². The van der Waals surface area contributed by atoms with E-state index >= 15 is 0 Å². The number of sulfonamides is 1. The smallest absolute Gasteiger partial charge is 0.243 e. The number of hydrogen-bond acceptors (Lipinski definition) is 3. The average molecular weight is 303 g/mol. The van der Waals surface area contributed by atoms with Gasteiger partial charge in [0.05, 0.1) is 0 Å². The Morgan fingerprint density at radius 1 is 1.39 bits per heavy atom. The van der Waals surface area contributed by atoms with E-state index in [2.05, 4.69) is 4.98 Å². The van der Waals surface area contributed by atoms with Crippen LogP contribution in [0, 0.1) is 0 Å². The Morgan fingerprint density at radius 3 is 2.39 bits per heavy atom. The summed E-state index contributed by atoms with van der Waals surface area (Å²) in [4.78, 5) is 3.59. The van der Waals surface area contributed by atoms with Crippen LogP contribution in [0.5, 0.6) is 0 Å². The van der Waals surface area contributed by atoms with E-state index in [1.807, 2.05) is 0 Å². The molecule has 1 aromatic rings. The zero-order chi connectivity index (χ0) is 14.0. The van der Waals surface area contributed by atoms with Gasteiger partial charge in [-0.15, -0.1) is 11.6 Å². The Bertz CT molecular complexity index is 502. The van der Waals surface area contributed by atoms with Gasteiger partial charge >= 0.3 is 6.18 Å². The summed E-state index contributed by atoms with van der Waals surface area (Å²) in [7, 11) is -3.39. The van der Waals surface area contributed by atoms with Crippen molar-refractivity contribution in [1.29, 1.82) is 0 Å². The summed E-state index contributed by atoms with van der Waals surface area (Å²) in [6, 6.07) is 2.52. The van der Waals surface area contributed by atoms with E-state index in [9.17, 15) is 21.6 Å². The van der Waals surface area contributed by atoms with Gasteiger partial charge in [0.15, 0.2) is 5.03 Å². The molecule has 4 nitrogen and oxygen atoms in total. The molecule has 0 aliphatic rings. The van der Waals surface area contributed by atoms with Crippen LogP contribution in [0.1, 0.15) is 5.56 Å². The van der Waals surface area contributed by atoms with Gasteiger partial charge in [-0.05, 0) is 11.6 Å². The molecule has 1 rings (SSSR count). The number of aromatic nitrogens is 1. The van der Waals surface area contributed by atoms with Crippen LogP contribution in [-0.2, 0) is 15.9 Å². The molecule has 0 saturated carbocycles. The summed E-state index contributed by atoms with van der Waals surface area (Å²) in [5.41, 5.74) is 0.578. The molecule has 0 aliphatic heterocycles. The van der Waals surface area contributed by atoms with Crippen LogP contribution in [0.15, 0.2) is 23.4 Å². The van der Waals surface area contributed by atoms with Gasteiger partial charge < -0.3 is 0 Å². The molecule has 0 atom stereocenters. The Hall–Kier alpha value is -0.860. The monoisotopic (exact) mass is 302 g/mol. The molecule has 0 fully saturated rings. The van der Waals surface area contributed by atoms with Gasteiger partial charge in [-0.3, -0.25) is 0 Å². The van der Waals surface area contributed by atoms with Crippen molar-refractivity contribution in [1.82, 2.24) is 9.29 Å². The second kappa shape index (κ2) is 5.41. The standard InChI is InChI=1S/C9H10ClF3N2O2S/c1-15(6-9(11,12)13)18(16,17)8-3-2-7(4-10)5-14-8/h2-3,5H,4,6H2,1H3. The van der Waals surface area contributed by atoms with Crippen molar-refractivity contribution in [3.63, 3.8) is 0 Å². The summed E-state index contributed by atoms with van der Waals surface area (Å²) >= 11 is 5.49. The summed E-state index contributed by atoms with van der Waals surface area (Å²) < 4.78 is 60.1. The minimum Gasteiger partial charge on any atom is -0.243 e. The zero-order valence-corrected chi connectivity index (χ0v) is 10.8. The number of pyridine rings is 1. The van der Waals surface area contributed by atoms with Crippen LogP contribution in [0.2, 0.25) is 0 Å². The van der Waals surface area contributed by atoms with Crippen molar-refractivity contribution in [3.05, 3.63) is 23.9 Å². The van der Waals surface area contributed by atoms with Crippen molar-refractivity contribution in [2.45, 2.75) is 17.1 Å². The molecule has 18 heavy (non-hydrogen) atoms. The van der Waals surface area contributed by atoms with Gasteiger partial charge in [-0.25, -0.2) is 13.4 Å². The summed E-state index contributed by atoms with van der Waals surface area (Å²) in [5.74, 6) is 0.145. The van der Waals surface area contributed by atoms with E-state index in [1.54, 1.807) is 0 Å². The number of nitrogens with zero attached hydrogens (tertiary/aromatic N) is 2. The Morgan fingerprint density at radius 2 is 2.00 bits per heavy atom. The van der Waals surface area contributed by atoms with Crippen LogP contribution in [0.3, 0.4) is 0 Å². The van der Waals surface area contributed by atoms with Gasteiger partial charge in [0.25, 0.3) is 10.0 Å². The molecule has 0 N–H and O–H groups in total. The molecule has 0 unspecified atom stereocenters. The first-order valence-electron chi connectivity index (χ1n) is 4.71. The van der Waals surface area contributed by atoms with Gasteiger partial charge in [0.1, 0.15) is 6.54 Å². The van der Waals surface area contributed by atoms with Crippen LogP contribution < -0.4 is 0 Å². The molecule has 0 amide bonds. The molecule has 0 aliphatic carbocycles. The third kappa shape index (κ3) is 3.82. The molecule has 0 spiro atoms. The van der Waals surface area contributed by atoms with Gasteiger partial charge in [-0.1, -0.05) is 6.07 Å². The number of halogens is 4. The Balaban J connectivity index is 2.98. The lowest BCUT2D eigenvalue weighted by atomic mass is 10.3. The maximum absolute atomic E-state index is 12.1. The fourth-order valence-corrected chi connectivity index (χ4v) is 2.36. The number of hydrogen-bond donors (Lipinski definition) is 0. The third-order valence-electron chi connectivity index (χ3n) is 2.03. The van der Waals surface area contributed by atoms with E-state index in [0.717, 1.165) is 13.1 Å². The zero-order valence-electron chi connectivity index (χ0n) is 9.28. The maximum Gasteiger partial charge on any atom is 0.402 e. The van der Waals surface area contributed by atoms with Crippen molar-refractivity contribution >= 4 is 21.6 Å². The quantitative estimate of drug-likeness (QED) is 0.799. The van der Waals surface area contributed by atoms with E-state index in [1.165, 1.54) is 12.3 Å². The normalized spacial score (nSPS) is 13.0. The Kier molecular flexibility index (Phi) is 4.57. The molecule has 0 radical (unpaired) electrons. The van der Waals surface area contributed by atoms with Crippen LogP contribution in [0.4, 0.5) is 13.2 Å². The highest BCUT2D eigenvalue weighted by Gasteiger charge is 2.35. The highest BCUT2D eigenvalue weighted by Crippen LogP contribution is 2.20. The minimum absolute atomic E-state index is 0.145. The summed E-state index contributed by atoms with van der Waals surface area (Å²) in [6.45, 7) is -1.56. The lowest BCUT2D eigenvalue weighted by Gasteiger charge is -2.18. The largest absolute Gasteiger partial charge is 0.402 e. The first-order valence-corrected chi connectivity index (χ1v) is 6.68. The predicted molar refractivity (Wildman–Crippen MR) is 59.7 cm³/mol. The minimum atomic E-state index is -4.60. The van der Waals surface area contributed by atoms with Crippen molar-refractivity contribution in [2.75, 3.05) is 13.6 Å². The average Bonchev–Trinajstić information content (AvgIpc) is 2.27. The topological polar surface area (TPSA) is 50.3 Å². The molecular weight excluding hydrogens is 293 g/mol. The maximum atomic E-state index is 12.1. The van der Waals surface area contributed by atoms with Crippen LogP contribution in [0.25, 0.3) is 0 Å². The first-order chi connectivity index (χ1) is 8.16. The Labute approximate surface area is 107 Å². The number of rotatable bonds is 4. The first kappa shape index (κ1) is 15.2. The van der Waals surface area contributed by atoms with Crippen molar-refractivity contribution < 1.29 is 21.6 Å².